The van der Waals surface area contributed by atoms with Gasteiger partial charge in [-0.25, -0.2) is 0 Å². The van der Waals surface area contributed by atoms with Crippen molar-refractivity contribution >= 4 is 5.69 Å². The van der Waals surface area contributed by atoms with Gasteiger partial charge in [-0.1, -0.05) is 6.07 Å². The van der Waals surface area contributed by atoms with Gasteiger partial charge >= 0.3 is 0 Å². The van der Waals surface area contributed by atoms with E-state index in [1.165, 1.54) is 11.1 Å². The topological polar surface area (TPSA) is 33.3 Å². The highest BCUT2D eigenvalue weighted by Gasteiger charge is 2.17. The summed E-state index contributed by atoms with van der Waals surface area (Å²) in [5.41, 5.74) is 3.63. The zero-order chi connectivity index (χ0) is 11.5. The van der Waals surface area contributed by atoms with Crippen LogP contribution in [0.5, 0.6) is 5.75 Å². The first-order valence-electron chi connectivity index (χ1n) is 5.80. The molecule has 0 radical (unpaired) electrons. The normalized spacial score (nSPS) is 15.7. The zero-order valence-electron chi connectivity index (χ0n) is 10.3. The smallest absolute Gasteiger partial charge is 0.142 e. The molecular formula is C13H20N2O. The fourth-order valence-electron chi connectivity index (χ4n) is 2.06. The van der Waals surface area contributed by atoms with Crippen LogP contribution in [-0.4, -0.2) is 26.7 Å². The first-order chi connectivity index (χ1) is 7.70. The molecule has 0 aliphatic carbocycles. The molecule has 0 amide bonds. The lowest BCUT2D eigenvalue weighted by Gasteiger charge is -2.28. The van der Waals surface area contributed by atoms with E-state index in [0.29, 0.717) is 0 Å². The Morgan fingerprint density at radius 2 is 2.12 bits per heavy atom. The van der Waals surface area contributed by atoms with E-state index in [4.69, 9.17) is 4.74 Å². The maximum absolute atomic E-state index is 5.41. The number of hydrogen-bond acceptors (Lipinski definition) is 3. The molecule has 0 bridgehead atoms. The highest BCUT2D eigenvalue weighted by molar-refractivity contribution is 5.63. The highest BCUT2D eigenvalue weighted by Crippen LogP contribution is 2.29. The Balaban J connectivity index is 2.10. The summed E-state index contributed by atoms with van der Waals surface area (Å²) in [7, 11) is 1.73. The molecule has 88 valence electrons. The SMILES string of the molecule is COc1cc(C)cc(C)c1NCC1CNC1. The minimum Gasteiger partial charge on any atom is -0.495 e. The fraction of sp³-hybridized carbons (Fsp3) is 0.538. The van der Waals surface area contributed by atoms with Crippen molar-refractivity contribution in [1.82, 2.24) is 5.32 Å². The van der Waals surface area contributed by atoms with E-state index >= 15 is 0 Å². The van der Waals surface area contributed by atoms with Crippen molar-refractivity contribution in [2.24, 2.45) is 5.92 Å². The summed E-state index contributed by atoms with van der Waals surface area (Å²) in [5, 5.41) is 6.78. The number of nitrogens with one attached hydrogen (secondary N) is 2. The van der Waals surface area contributed by atoms with Crippen LogP contribution in [0.1, 0.15) is 11.1 Å². The van der Waals surface area contributed by atoms with Crippen LogP contribution in [0.4, 0.5) is 5.69 Å². The van der Waals surface area contributed by atoms with Crippen molar-refractivity contribution in [3.8, 4) is 5.75 Å². The van der Waals surface area contributed by atoms with E-state index in [0.717, 1.165) is 37.0 Å². The van der Waals surface area contributed by atoms with Crippen LogP contribution in [0.2, 0.25) is 0 Å². The van der Waals surface area contributed by atoms with Gasteiger partial charge in [0.25, 0.3) is 0 Å². The highest BCUT2D eigenvalue weighted by atomic mass is 16.5. The van der Waals surface area contributed by atoms with Crippen molar-refractivity contribution in [2.45, 2.75) is 13.8 Å². The van der Waals surface area contributed by atoms with E-state index in [1.807, 2.05) is 0 Å². The Labute approximate surface area is 97.2 Å². The first kappa shape index (κ1) is 11.3. The maximum Gasteiger partial charge on any atom is 0.142 e. The van der Waals surface area contributed by atoms with Gasteiger partial charge in [0.15, 0.2) is 0 Å². The summed E-state index contributed by atoms with van der Waals surface area (Å²) < 4.78 is 5.41. The molecule has 1 aromatic rings. The second kappa shape index (κ2) is 4.74. The van der Waals surface area contributed by atoms with E-state index in [1.54, 1.807) is 7.11 Å². The third-order valence-corrected chi connectivity index (χ3v) is 3.10. The Kier molecular flexibility index (Phi) is 3.34. The lowest BCUT2D eigenvalue weighted by molar-refractivity contribution is 0.364. The number of methoxy groups -OCH3 is 1. The zero-order valence-corrected chi connectivity index (χ0v) is 10.3. The number of hydrogen-bond donors (Lipinski definition) is 2. The van der Waals surface area contributed by atoms with Gasteiger partial charge in [-0.15, -0.1) is 0 Å². The van der Waals surface area contributed by atoms with Crippen molar-refractivity contribution in [3.05, 3.63) is 23.3 Å². The maximum atomic E-state index is 5.41. The molecule has 1 fully saturated rings. The van der Waals surface area contributed by atoms with Gasteiger partial charge in [-0.3, -0.25) is 0 Å². The van der Waals surface area contributed by atoms with Crippen LogP contribution in [0.15, 0.2) is 12.1 Å². The summed E-state index contributed by atoms with van der Waals surface area (Å²) in [6.45, 7) is 7.49. The number of aryl methyl sites for hydroxylation is 2. The van der Waals surface area contributed by atoms with E-state index in [9.17, 15) is 0 Å². The standard InChI is InChI=1S/C13H20N2O/c1-9-4-10(2)13(12(5-9)16-3)15-8-11-6-14-7-11/h4-5,11,14-15H,6-8H2,1-3H3. The number of ether oxygens (including phenoxy) is 1. The molecule has 1 heterocycles. The molecule has 1 aromatic carbocycles. The Hall–Kier alpha value is -1.22. The van der Waals surface area contributed by atoms with E-state index in [2.05, 4.69) is 36.6 Å². The second-order valence-corrected chi connectivity index (χ2v) is 4.56. The molecule has 0 spiro atoms. The predicted octanol–water partition coefficient (Wildman–Crippen LogP) is 1.94. The molecule has 3 heteroatoms. The van der Waals surface area contributed by atoms with E-state index in [-0.39, 0.29) is 0 Å². The lowest BCUT2D eigenvalue weighted by Crippen LogP contribution is -2.45. The van der Waals surface area contributed by atoms with Crippen LogP contribution < -0.4 is 15.4 Å². The van der Waals surface area contributed by atoms with Crippen molar-refractivity contribution in [3.63, 3.8) is 0 Å². The summed E-state index contributed by atoms with van der Waals surface area (Å²) in [4.78, 5) is 0. The molecule has 0 unspecified atom stereocenters. The number of benzene rings is 1. The molecule has 1 aliphatic rings. The van der Waals surface area contributed by atoms with Gasteiger partial charge in [0.1, 0.15) is 5.75 Å². The van der Waals surface area contributed by atoms with Gasteiger partial charge in [0.05, 0.1) is 12.8 Å². The molecular weight excluding hydrogens is 200 g/mol. The molecule has 3 nitrogen and oxygen atoms in total. The van der Waals surface area contributed by atoms with Crippen molar-refractivity contribution < 1.29 is 4.74 Å². The van der Waals surface area contributed by atoms with Crippen molar-refractivity contribution in [2.75, 3.05) is 32.1 Å². The number of anilines is 1. The first-order valence-corrected chi connectivity index (χ1v) is 5.80. The Bertz CT molecular complexity index is 372. The van der Waals surface area contributed by atoms with Gasteiger partial charge in [0, 0.05) is 25.6 Å². The van der Waals surface area contributed by atoms with Crippen LogP contribution in [0.3, 0.4) is 0 Å². The molecule has 2 N–H and O–H groups in total. The fourth-order valence-corrected chi connectivity index (χ4v) is 2.06. The molecule has 0 saturated carbocycles. The van der Waals surface area contributed by atoms with Crippen LogP contribution in [-0.2, 0) is 0 Å². The minimum absolute atomic E-state index is 0.755. The second-order valence-electron chi connectivity index (χ2n) is 4.56. The van der Waals surface area contributed by atoms with Gasteiger partial charge in [-0.2, -0.15) is 0 Å². The largest absolute Gasteiger partial charge is 0.495 e. The number of rotatable bonds is 4. The Morgan fingerprint density at radius 3 is 2.69 bits per heavy atom. The van der Waals surface area contributed by atoms with Gasteiger partial charge in [-0.05, 0) is 31.0 Å². The van der Waals surface area contributed by atoms with Crippen LogP contribution in [0, 0.1) is 19.8 Å². The summed E-state index contributed by atoms with van der Waals surface area (Å²) in [5.74, 6) is 1.70. The van der Waals surface area contributed by atoms with Crippen molar-refractivity contribution in [1.29, 1.82) is 0 Å². The molecule has 0 atom stereocenters. The molecule has 1 aliphatic heterocycles. The Morgan fingerprint density at radius 1 is 1.38 bits per heavy atom. The average Bonchev–Trinajstić information content (AvgIpc) is 2.17. The van der Waals surface area contributed by atoms with Crippen LogP contribution >= 0.6 is 0 Å². The molecule has 1 saturated heterocycles. The molecule has 0 aromatic heterocycles. The summed E-state index contributed by atoms with van der Waals surface area (Å²) in [6.07, 6.45) is 0. The van der Waals surface area contributed by atoms with E-state index < -0.39 is 0 Å². The third kappa shape index (κ3) is 2.30. The molecule has 2 rings (SSSR count). The lowest BCUT2D eigenvalue weighted by atomic mass is 10.0. The summed E-state index contributed by atoms with van der Waals surface area (Å²) in [6, 6.07) is 4.26. The summed E-state index contributed by atoms with van der Waals surface area (Å²) >= 11 is 0. The van der Waals surface area contributed by atoms with Crippen LogP contribution in [0.25, 0.3) is 0 Å². The molecule has 16 heavy (non-hydrogen) atoms. The minimum atomic E-state index is 0.755. The van der Waals surface area contributed by atoms with Gasteiger partial charge < -0.3 is 15.4 Å². The monoisotopic (exact) mass is 220 g/mol. The third-order valence-electron chi connectivity index (χ3n) is 3.10. The average molecular weight is 220 g/mol. The predicted molar refractivity (Wildman–Crippen MR) is 67.3 cm³/mol. The van der Waals surface area contributed by atoms with Gasteiger partial charge in [0.2, 0.25) is 0 Å². The quantitative estimate of drug-likeness (QED) is 0.813.